The summed E-state index contributed by atoms with van der Waals surface area (Å²) >= 11 is 0. The van der Waals surface area contributed by atoms with Gasteiger partial charge in [0.2, 0.25) is 0 Å². The first-order valence-electron chi connectivity index (χ1n) is 6.11. The number of pyridine rings is 1. The topological polar surface area (TPSA) is 78.7 Å². The minimum absolute atomic E-state index is 0.0482. The number of anilines is 1. The standard InChI is InChI=1S/C12H15N5O/c13-11-9(4-3-6-14-11)8-17-12(18)16-7-2-1-5-10(16)15-17/h3-4,6H,1-2,5,7-8H2,(H2,13,14). The quantitative estimate of drug-likeness (QED) is 0.831. The van der Waals surface area contributed by atoms with Gasteiger partial charge in [-0.3, -0.25) is 4.57 Å². The van der Waals surface area contributed by atoms with Gasteiger partial charge in [0.05, 0.1) is 6.54 Å². The first-order valence-corrected chi connectivity index (χ1v) is 6.11. The van der Waals surface area contributed by atoms with Gasteiger partial charge in [-0.2, -0.15) is 5.10 Å². The fraction of sp³-hybridized carbons (Fsp3) is 0.417. The number of aryl methyl sites for hydroxylation is 1. The van der Waals surface area contributed by atoms with E-state index in [2.05, 4.69) is 10.1 Å². The first kappa shape index (κ1) is 11.0. The maximum Gasteiger partial charge on any atom is 0.346 e. The molecule has 0 saturated carbocycles. The molecule has 2 aromatic heterocycles. The zero-order valence-corrected chi connectivity index (χ0v) is 10.0. The largest absolute Gasteiger partial charge is 0.383 e. The lowest BCUT2D eigenvalue weighted by Gasteiger charge is -2.09. The minimum Gasteiger partial charge on any atom is -0.383 e. The van der Waals surface area contributed by atoms with Gasteiger partial charge in [-0.1, -0.05) is 6.07 Å². The van der Waals surface area contributed by atoms with Crippen molar-refractivity contribution in [2.24, 2.45) is 0 Å². The summed E-state index contributed by atoms with van der Waals surface area (Å²) in [5.74, 6) is 1.34. The van der Waals surface area contributed by atoms with Crippen molar-refractivity contribution in [3.05, 3.63) is 40.2 Å². The highest BCUT2D eigenvalue weighted by molar-refractivity contribution is 5.38. The van der Waals surface area contributed by atoms with Crippen molar-refractivity contribution in [2.45, 2.75) is 32.4 Å². The molecule has 1 aliphatic rings. The summed E-state index contributed by atoms with van der Waals surface area (Å²) < 4.78 is 3.24. The molecule has 0 spiro atoms. The van der Waals surface area contributed by atoms with Gasteiger partial charge in [-0.15, -0.1) is 0 Å². The van der Waals surface area contributed by atoms with Gasteiger partial charge in [0.25, 0.3) is 0 Å². The number of hydrogen-bond acceptors (Lipinski definition) is 4. The number of nitrogens with zero attached hydrogens (tertiary/aromatic N) is 4. The van der Waals surface area contributed by atoms with Crippen LogP contribution in [0.3, 0.4) is 0 Å². The van der Waals surface area contributed by atoms with E-state index in [9.17, 15) is 4.79 Å². The summed E-state index contributed by atoms with van der Waals surface area (Å²) in [5.41, 5.74) is 6.56. The zero-order chi connectivity index (χ0) is 12.5. The zero-order valence-electron chi connectivity index (χ0n) is 10.0. The second kappa shape index (κ2) is 4.29. The molecule has 0 amide bonds. The normalized spacial score (nSPS) is 14.4. The molecule has 0 bridgehead atoms. The van der Waals surface area contributed by atoms with Crippen LogP contribution in [0.1, 0.15) is 24.2 Å². The third-order valence-corrected chi connectivity index (χ3v) is 3.28. The Labute approximate surface area is 104 Å². The van der Waals surface area contributed by atoms with Crippen LogP contribution in [0.2, 0.25) is 0 Å². The number of rotatable bonds is 2. The molecule has 18 heavy (non-hydrogen) atoms. The van der Waals surface area contributed by atoms with Crippen LogP contribution < -0.4 is 11.4 Å². The van der Waals surface area contributed by atoms with E-state index >= 15 is 0 Å². The summed E-state index contributed by atoms with van der Waals surface area (Å²) in [6.45, 7) is 1.16. The van der Waals surface area contributed by atoms with Crippen LogP contribution in [0, 0.1) is 0 Å². The van der Waals surface area contributed by atoms with E-state index in [1.165, 1.54) is 4.68 Å². The summed E-state index contributed by atoms with van der Waals surface area (Å²) in [7, 11) is 0. The molecule has 6 heteroatoms. The van der Waals surface area contributed by atoms with E-state index in [-0.39, 0.29) is 5.69 Å². The second-order valence-corrected chi connectivity index (χ2v) is 4.51. The van der Waals surface area contributed by atoms with Crippen LogP contribution >= 0.6 is 0 Å². The lowest BCUT2D eigenvalue weighted by Crippen LogP contribution is -2.27. The molecule has 0 saturated heterocycles. The van der Waals surface area contributed by atoms with E-state index in [0.29, 0.717) is 12.4 Å². The van der Waals surface area contributed by atoms with Crippen LogP contribution in [-0.4, -0.2) is 19.3 Å². The molecule has 1 aliphatic heterocycles. The lowest BCUT2D eigenvalue weighted by atomic mass is 10.2. The fourth-order valence-corrected chi connectivity index (χ4v) is 2.30. The summed E-state index contributed by atoms with van der Waals surface area (Å²) in [6, 6.07) is 3.68. The van der Waals surface area contributed by atoms with Crippen molar-refractivity contribution in [3.63, 3.8) is 0 Å². The van der Waals surface area contributed by atoms with Gasteiger partial charge in [0.15, 0.2) is 0 Å². The highest BCUT2D eigenvalue weighted by Crippen LogP contribution is 2.11. The predicted octanol–water partition coefficient (Wildman–Crippen LogP) is 0.407. The van der Waals surface area contributed by atoms with Crippen molar-refractivity contribution >= 4 is 5.82 Å². The van der Waals surface area contributed by atoms with Crippen LogP contribution in [0.4, 0.5) is 5.82 Å². The van der Waals surface area contributed by atoms with Crippen molar-refractivity contribution < 1.29 is 0 Å². The predicted molar refractivity (Wildman–Crippen MR) is 67.2 cm³/mol. The molecule has 6 nitrogen and oxygen atoms in total. The summed E-state index contributed by atoms with van der Waals surface area (Å²) in [4.78, 5) is 16.1. The molecule has 94 valence electrons. The first-order chi connectivity index (χ1) is 8.75. The van der Waals surface area contributed by atoms with Gasteiger partial charge >= 0.3 is 5.69 Å². The minimum atomic E-state index is -0.0482. The molecule has 0 radical (unpaired) electrons. The number of hydrogen-bond donors (Lipinski definition) is 1. The third-order valence-electron chi connectivity index (χ3n) is 3.28. The molecular formula is C12H15N5O. The Balaban J connectivity index is 1.97. The SMILES string of the molecule is Nc1ncccc1Cn1nc2n(c1=O)CCCC2. The Kier molecular flexibility index (Phi) is 2.62. The van der Waals surface area contributed by atoms with Crippen LogP contribution in [0.25, 0.3) is 0 Å². The van der Waals surface area contributed by atoms with E-state index in [0.717, 1.165) is 37.2 Å². The molecule has 3 rings (SSSR count). The second-order valence-electron chi connectivity index (χ2n) is 4.51. The molecule has 0 aliphatic carbocycles. The number of fused-ring (bicyclic) bond motifs is 1. The number of nitrogen functional groups attached to an aromatic ring is 1. The van der Waals surface area contributed by atoms with E-state index < -0.39 is 0 Å². The highest BCUT2D eigenvalue weighted by atomic mass is 16.2. The van der Waals surface area contributed by atoms with E-state index in [1.807, 2.05) is 12.1 Å². The van der Waals surface area contributed by atoms with Crippen molar-refractivity contribution in [1.82, 2.24) is 19.3 Å². The van der Waals surface area contributed by atoms with Crippen molar-refractivity contribution in [1.29, 1.82) is 0 Å². The molecule has 2 aromatic rings. The Bertz CT molecular complexity index is 628. The average Bonchev–Trinajstić information content (AvgIpc) is 2.70. The van der Waals surface area contributed by atoms with Crippen LogP contribution in [0.15, 0.2) is 23.1 Å². The lowest BCUT2D eigenvalue weighted by molar-refractivity contribution is 0.511. The van der Waals surface area contributed by atoms with Gasteiger partial charge in [0, 0.05) is 24.7 Å². The molecule has 0 fully saturated rings. The maximum atomic E-state index is 12.1. The molecule has 0 unspecified atom stereocenters. The van der Waals surface area contributed by atoms with E-state index in [1.54, 1.807) is 10.8 Å². The molecule has 0 atom stereocenters. The maximum absolute atomic E-state index is 12.1. The molecular weight excluding hydrogens is 230 g/mol. The molecule has 0 aromatic carbocycles. The van der Waals surface area contributed by atoms with Crippen LogP contribution in [-0.2, 0) is 19.5 Å². The van der Waals surface area contributed by atoms with Gasteiger partial charge in [0.1, 0.15) is 11.6 Å². The summed E-state index contributed by atoms with van der Waals surface area (Å²) in [5, 5.41) is 4.37. The highest BCUT2D eigenvalue weighted by Gasteiger charge is 2.17. The van der Waals surface area contributed by atoms with Gasteiger partial charge in [-0.05, 0) is 18.9 Å². The van der Waals surface area contributed by atoms with Crippen molar-refractivity contribution in [3.8, 4) is 0 Å². The van der Waals surface area contributed by atoms with E-state index in [4.69, 9.17) is 5.73 Å². The Morgan fingerprint density at radius 2 is 2.28 bits per heavy atom. The fourth-order valence-electron chi connectivity index (χ4n) is 2.30. The Morgan fingerprint density at radius 1 is 1.39 bits per heavy atom. The van der Waals surface area contributed by atoms with Gasteiger partial charge in [-0.25, -0.2) is 14.5 Å². The Morgan fingerprint density at radius 3 is 3.06 bits per heavy atom. The van der Waals surface area contributed by atoms with Crippen LogP contribution in [0.5, 0.6) is 0 Å². The van der Waals surface area contributed by atoms with Gasteiger partial charge < -0.3 is 5.73 Å². The molecule has 2 N–H and O–H groups in total. The average molecular weight is 245 g/mol. The van der Waals surface area contributed by atoms with Crippen molar-refractivity contribution in [2.75, 3.05) is 5.73 Å². The Hall–Kier alpha value is -2.11. The monoisotopic (exact) mass is 245 g/mol. The molecule has 3 heterocycles. The summed E-state index contributed by atoms with van der Waals surface area (Å²) in [6.07, 6.45) is 4.67. The number of aromatic nitrogens is 4. The number of nitrogens with two attached hydrogens (primary N) is 1. The third kappa shape index (κ3) is 1.79. The smallest absolute Gasteiger partial charge is 0.346 e.